The second-order valence-electron chi connectivity index (χ2n) is 6.53. The molecule has 1 heterocycles. The first kappa shape index (κ1) is 15.7. The summed E-state index contributed by atoms with van der Waals surface area (Å²) in [6.45, 7) is 3.40. The van der Waals surface area contributed by atoms with Gasteiger partial charge in [0.05, 0.1) is 17.6 Å². The minimum atomic E-state index is 0.458. The summed E-state index contributed by atoms with van der Waals surface area (Å²) in [5, 5.41) is 3.21. The fourth-order valence-corrected chi connectivity index (χ4v) is 3.59. The van der Waals surface area contributed by atoms with Gasteiger partial charge in [-0.15, -0.1) is 0 Å². The van der Waals surface area contributed by atoms with Gasteiger partial charge >= 0.3 is 0 Å². The van der Waals surface area contributed by atoms with E-state index < -0.39 is 0 Å². The molecule has 0 saturated carbocycles. The van der Waals surface area contributed by atoms with E-state index in [1.54, 1.807) is 0 Å². The van der Waals surface area contributed by atoms with Crippen molar-refractivity contribution in [2.75, 3.05) is 11.9 Å². The van der Waals surface area contributed by atoms with Crippen molar-refractivity contribution < 1.29 is 0 Å². The Bertz CT molecular complexity index is 938. The number of aromatic nitrogens is 2. The summed E-state index contributed by atoms with van der Waals surface area (Å²) in [6.07, 6.45) is 3.60. The molecule has 4 rings (SSSR count). The van der Waals surface area contributed by atoms with Crippen LogP contribution < -0.4 is 11.1 Å². The smallest absolute Gasteiger partial charge is 0.193 e. The lowest BCUT2D eigenvalue weighted by Gasteiger charge is -2.09. The van der Waals surface area contributed by atoms with Gasteiger partial charge in [-0.05, 0) is 61.6 Å². The first-order chi connectivity index (χ1) is 12.2. The number of aliphatic imine (C=N–C) groups is 1. The molecule has 0 bridgehead atoms. The van der Waals surface area contributed by atoms with Crippen LogP contribution in [0, 0.1) is 6.92 Å². The number of para-hydroxylation sites is 2. The molecule has 0 atom stereocenters. The third-order valence-electron chi connectivity index (χ3n) is 4.82. The second-order valence-corrected chi connectivity index (χ2v) is 6.53. The van der Waals surface area contributed by atoms with Crippen LogP contribution >= 0.6 is 0 Å². The molecule has 3 aromatic rings. The molecular formula is C20H23N5. The highest BCUT2D eigenvalue weighted by atomic mass is 15.1. The van der Waals surface area contributed by atoms with E-state index in [9.17, 15) is 0 Å². The zero-order valence-corrected chi connectivity index (χ0v) is 14.5. The zero-order chi connectivity index (χ0) is 17.2. The first-order valence-corrected chi connectivity index (χ1v) is 8.81. The van der Waals surface area contributed by atoms with E-state index in [-0.39, 0.29) is 0 Å². The number of imidazole rings is 1. The predicted octanol–water partition coefficient (Wildman–Crippen LogP) is 3.26. The van der Waals surface area contributed by atoms with E-state index in [0.29, 0.717) is 12.5 Å². The van der Waals surface area contributed by atoms with Gasteiger partial charge in [0.25, 0.3) is 0 Å². The lowest BCUT2D eigenvalue weighted by Crippen LogP contribution is -2.23. The molecule has 1 aromatic heterocycles. The Kier molecular flexibility index (Phi) is 4.14. The van der Waals surface area contributed by atoms with Gasteiger partial charge in [-0.2, -0.15) is 0 Å². The van der Waals surface area contributed by atoms with E-state index >= 15 is 0 Å². The van der Waals surface area contributed by atoms with E-state index in [4.69, 9.17) is 5.73 Å². The molecule has 2 aromatic carbocycles. The van der Waals surface area contributed by atoms with Crippen LogP contribution in [-0.2, 0) is 19.4 Å². The number of nitrogens with zero attached hydrogens (tertiary/aromatic N) is 3. The minimum Gasteiger partial charge on any atom is -0.370 e. The normalized spacial score (nSPS) is 14.0. The fourth-order valence-electron chi connectivity index (χ4n) is 3.59. The lowest BCUT2D eigenvalue weighted by molar-refractivity contribution is 0.704. The standard InChI is InChI=1S/C20H23N5/c1-14-23-18-7-2-3-8-19(18)25(14)12-11-22-20(21)24-17-10-9-15-5-4-6-16(15)13-17/h2-3,7-10,13H,4-6,11-12H2,1H3,(H3,21,22,24). The van der Waals surface area contributed by atoms with Crippen LogP contribution in [0.5, 0.6) is 0 Å². The van der Waals surface area contributed by atoms with Crippen LogP contribution in [-0.4, -0.2) is 22.1 Å². The topological polar surface area (TPSA) is 68.2 Å². The number of guanidine groups is 1. The van der Waals surface area contributed by atoms with Crippen LogP contribution in [0.15, 0.2) is 47.5 Å². The van der Waals surface area contributed by atoms with Crippen molar-refractivity contribution >= 4 is 22.7 Å². The Morgan fingerprint density at radius 1 is 1.20 bits per heavy atom. The quantitative estimate of drug-likeness (QED) is 0.569. The maximum absolute atomic E-state index is 6.06. The predicted molar refractivity (Wildman–Crippen MR) is 103 cm³/mol. The van der Waals surface area contributed by atoms with Gasteiger partial charge in [-0.3, -0.25) is 4.99 Å². The summed E-state index contributed by atoms with van der Waals surface area (Å²) in [6, 6.07) is 14.6. The maximum Gasteiger partial charge on any atom is 0.193 e. The lowest BCUT2D eigenvalue weighted by atomic mass is 10.1. The van der Waals surface area contributed by atoms with Crippen LogP contribution in [0.25, 0.3) is 11.0 Å². The van der Waals surface area contributed by atoms with Gasteiger partial charge in [0.2, 0.25) is 0 Å². The van der Waals surface area contributed by atoms with Crippen molar-refractivity contribution in [3.8, 4) is 0 Å². The second kappa shape index (κ2) is 6.59. The molecular weight excluding hydrogens is 310 g/mol. The number of hydrogen-bond donors (Lipinski definition) is 2. The van der Waals surface area contributed by atoms with E-state index in [0.717, 1.165) is 35.5 Å². The van der Waals surface area contributed by atoms with Crippen LogP contribution in [0.4, 0.5) is 5.69 Å². The average molecular weight is 333 g/mol. The van der Waals surface area contributed by atoms with Crippen LogP contribution in [0.1, 0.15) is 23.4 Å². The summed E-state index contributed by atoms with van der Waals surface area (Å²) in [5.41, 5.74) is 12.1. The number of anilines is 1. The van der Waals surface area contributed by atoms with E-state index in [1.807, 2.05) is 25.1 Å². The Morgan fingerprint density at radius 3 is 2.96 bits per heavy atom. The van der Waals surface area contributed by atoms with Crippen molar-refractivity contribution in [3.63, 3.8) is 0 Å². The molecule has 3 N–H and O–H groups in total. The van der Waals surface area contributed by atoms with Gasteiger partial charge in [0.15, 0.2) is 5.96 Å². The fraction of sp³-hybridized carbons (Fsp3) is 0.300. The summed E-state index contributed by atoms with van der Waals surface area (Å²) in [4.78, 5) is 9.05. The molecule has 1 aliphatic carbocycles. The van der Waals surface area contributed by atoms with Crippen molar-refractivity contribution in [1.82, 2.24) is 9.55 Å². The molecule has 5 nitrogen and oxygen atoms in total. The Hall–Kier alpha value is -2.82. The Labute approximate surface area is 147 Å². The molecule has 128 valence electrons. The molecule has 0 unspecified atom stereocenters. The largest absolute Gasteiger partial charge is 0.370 e. The summed E-state index contributed by atoms with van der Waals surface area (Å²) in [5.74, 6) is 1.46. The van der Waals surface area contributed by atoms with Crippen molar-refractivity contribution in [2.45, 2.75) is 32.7 Å². The van der Waals surface area contributed by atoms with Crippen molar-refractivity contribution in [1.29, 1.82) is 0 Å². The maximum atomic E-state index is 6.06. The molecule has 0 amide bonds. The monoisotopic (exact) mass is 333 g/mol. The number of benzene rings is 2. The summed E-state index contributed by atoms with van der Waals surface area (Å²) < 4.78 is 2.18. The van der Waals surface area contributed by atoms with Crippen LogP contribution in [0.3, 0.4) is 0 Å². The number of nitrogens with two attached hydrogens (primary N) is 1. The average Bonchev–Trinajstić information content (AvgIpc) is 3.19. The third-order valence-corrected chi connectivity index (χ3v) is 4.82. The molecule has 0 spiro atoms. The summed E-state index contributed by atoms with van der Waals surface area (Å²) in [7, 11) is 0. The highest BCUT2D eigenvalue weighted by Crippen LogP contribution is 2.24. The van der Waals surface area contributed by atoms with Gasteiger partial charge in [-0.1, -0.05) is 18.2 Å². The first-order valence-electron chi connectivity index (χ1n) is 8.81. The molecule has 0 fully saturated rings. The van der Waals surface area contributed by atoms with Crippen molar-refractivity contribution in [3.05, 3.63) is 59.4 Å². The number of nitrogens with one attached hydrogen (secondary N) is 1. The highest BCUT2D eigenvalue weighted by Gasteiger charge is 2.11. The summed E-state index contributed by atoms with van der Waals surface area (Å²) >= 11 is 0. The molecule has 25 heavy (non-hydrogen) atoms. The minimum absolute atomic E-state index is 0.458. The Morgan fingerprint density at radius 2 is 2.04 bits per heavy atom. The highest BCUT2D eigenvalue weighted by molar-refractivity contribution is 5.92. The van der Waals surface area contributed by atoms with Gasteiger partial charge in [0, 0.05) is 12.2 Å². The van der Waals surface area contributed by atoms with E-state index in [2.05, 4.69) is 44.1 Å². The van der Waals surface area contributed by atoms with Gasteiger partial charge in [0.1, 0.15) is 5.82 Å². The van der Waals surface area contributed by atoms with Gasteiger partial charge < -0.3 is 15.6 Å². The van der Waals surface area contributed by atoms with Crippen molar-refractivity contribution in [2.24, 2.45) is 10.7 Å². The third kappa shape index (κ3) is 3.22. The molecule has 1 aliphatic rings. The molecule has 5 heteroatoms. The number of fused-ring (bicyclic) bond motifs is 2. The molecule has 0 radical (unpaired) electrons. The molecule has 0 saturated heterocycles. The van der Waals surface area contributed by atoms with Crippen LogP contribution in [0.2, 0.25) is 0 Å². The van der Waals surface area contributed by atoms with E-state index in [1.165, 1.54) is 24.0 Å². The number of hydrogen-bond acceptors (Lipinski definition) is 2. The zero-order valence-electron chi connectivity index (χ0n) is 14.5. The number of rotatable bonds is 4. The SMILES string of the molecule is Cc1nc2ccccc2n1CCN=C(N)Nc1ccc2c(c1)CCC2. The number of aryl methyl sites for hydroxylation is 3. The molecule has 0 aliphatic heterocycles. The van der Waals surface area contributed by atoms with Gasteiger partial charge in [-0.25, -0.2) is 4.98 Å². The Balaban J connectivity index is 1.42.